The Labute approximate surface area is 81.1 Å². The molecule has 0 aliphatic rings. The lowest BCUT2D eigenvalue weighted by atomic mass is 10.2. The summed E-state index contributed by atoms with van der Waals surface area (Å²) in [5.41, 5.74) is 8.91. The van der Waals surface area contributed by atoms with E-state index >= 15 is 0 Å². The number of azide groups is 1. The Morgan fingerprint density at radius 3 is 2.36 bits per heavy atom. The molecule has 0 fully saturated rings. The van der Waals surface area contributed by atoms with Gasteiger partial charge in [0.25, 0.3) is 0 Å². The third-order valence-corrected chi connectivity index (χ3v) is 1.71. The Kier molecular flexibility index (Phi) is 3.58. The molecule has 0 aliphatic carbocycles. The molecule has 6 heteroatoms. The van der Waals surface area contributed by atoms with Crippen molar-refractivity contribution in [1.82, 2.24) is 4.98 Å². The van der Waals surface area contributed by atoms with Crippen LogP contribution in [0, 0.1) is 0 Å². The summed E-state index contributed by atoms with van der Waals surface area (Å²) in [6.07, 6.45) is 3.09. The SMILES string of the molecule is COc1cncc(OC)c1CN=[N+]=[N-]. The second kappa shape index (κ2) is 4.94. The number of hydrogen-bond acceptors (Lipinski definition) is 4. The third-order valence-electron chi connectivity index (χ3n) is 1.71. The van der Waals surface area contributed by atoms with Crippen LogP contribution >= 0.6 is 0 Å². The molecule has 0 bridgehead atoms. The van der Waals surface area contributed by atoms with Crippen LogP contribution in [0.1, 0.15) is 5.56 Å². The molecule has 0 spiro atoms. The van der Waals surface area contributed by atoms with Gasteiger partial charge in [0, 0.05) is 10.5 Å². The van der Waals surface area contributed by atoms with Crippen molar-refractivity contribution in [3.05, 3.63) is 28.4 Å². The van der Waals surface area contributed by atoms with Gasteiger partial charge in [-0.05, 0) is 5.53 Å². The van der Waals surface area contributed by atoms with E-state index in [0.717, 1.165) is 0 Å². The molecule has 0 saturated carbocycles. The van der Waals surface area contributed by atoms with Crippen LogP contribution in [-0.2, 0) is 6.54 Å². The van der Waals surface area contributed by atoms with Crippen LogP contribution in [0.2, 0.25) is 0 Å². The number of hydrogen-bond donors (Lipinski definition) is 0. The van der Waals surface area contributed by atoms with Gasteiger partial charge in [0.05, 0.1) is 33.2 Å². The van der Waals surface area contributed by atoms with Gasteiger partial charge >= 0.3 is 0 Å². The van der Waals surface area contributed by atoms with Crippen LogP contribution in [0.5, 0.6) is 11.5 Å². The molecule has 74 valence electrons. The highest BCUT2D eigenvalue weighted by Gasteiger charge is 2.08. The van der Waals surface area contributed by atoms with Gasteiger partial charge in [0.1, 0.15) is 11.5 Å². The molecule has 6 nitrogen and oxygen atoms in total. The summed E-state index contributed by atoms with van der Waals surface area (Å²) < 4.78 is 10.1. The monoisotopic (exact) mass is 194 g/mol. The largest absolute Gasteiger partial charge is 0.495 e. The van der Waals surface area contributed by atoms with Crippen molar-refractivity contribution in [1.29, 1.82) is 0 Å². The lowest BCUT2D eigenvalue weighted by Gasteiger charge is -2.09. The van der Waals surface area contributed by atoms with Crippen LogP contribution in [0.4, 0.5) is 0 Å². The molecule has 0 saturated heterocycles. The molecule has 1 heterocycles. The Hall–Kier alpha value is -1.94. The van der Waals surface area contributed by atoms with Crippen LogP contribution in [0.15, 0.2) is 17.5 Å². The van der Waals surface area contributed by atoms with E-state index in [9.17, 15) is 0 Å². The summed E-state index contributed by atoms with van der Waals surface area (Å²) >= 11 is 0. The van der Waals surface area contributed by atoms with E-state index in [1.165, 1.54) is 14.2 Å². The molecular weight excluding hydrogens is 184 g/mol. The van der Waals surface area contributed by atoms with Gasteiger partial charge in [-0.25, -0.2) is 0 Å². The van der Waals surface area contributed by atoms with Gasteiger partial charge in [-0.15, -0.1) is 0 Å². The average molecular weight is 194 g/mol. The van der Waals surface area contributed by atoms with Gasteiger partial charge in [-0.2, -0.15) is 0 Å². The van der Waals surface area contributed by atoms with E-state index < -0.39 is 0 Å². The van der Waals surface area contributed by atoms with Gasteiger partial charge in [0.2, 0.25) is 0 Å². The maximum Gasteiger partial charge on any atom is 0.144 e. The lowest BCUT2D eigenvalue weighted by molar-refractivity contribution is 0.382. The number of pyridine rings is 1. The smallest absolute Gasteiger partial charge is 0.144 e. The summed E-state index contributed by atoms with van der Waals surface area (Å²) in [4.78, 5) is 6.59. The van der Waals surface area contributed by atoms with E-state index in [1.807, 2.05) is 0 Å². The summed E-state index contributed by atoms with van der Waals surface area (Å²) in [6, 6.07) is 0. The summed E-state index contributed by atoms with van der Waals surface area (Å²) in [7, 11) is 3.05. The first-order valence-corrected chi connectivity index (χ1v) is 3.89. The van der Waals surface area contributed by atoms with Gasteiger partial charge < -0.3 is 9.47 Å². The molecular formula is C8H10N4O2. The van der Waals surface area contributed by atoms with Crippen molar-refractivity contribution < 1.29 is 9.47 Å². The van der Waals surface area contributed by atoms with Crippen molar-refractivity contribution in [3.63, 3.8) is 0 Å². The first kappa shape index (κ1) is 10.1. The zero-order valence-electron chi connectivity index (χ0n) is 7.97. The molecule has 0 unspecified atom stereocenters. The van der Waals surface area contributed by atoms with Crippen molar-refractivity contribution >= 4 is 0 Å². The molecule has 0 radical (unpaired) electrons. The van der Waals surface area contributed by atoms with E-state index in [2.05, 4.69) is 15.0 Å². The highest BCUT2D eigenvalue weighted by Crippen LogP contribution is 2.27. The van der Waals surface area contributed by atoms with E-state index in [1.54, 1.807) is 12.4 Å². The van der Waals surface area contributed by atoms with Crippen molar-refractivity contribution in [2.75, 3.05) is 14.2 Å². The van der Waals surface area contributed by atoms with Crippen molar-refractivity contribution in [2.45, 2.75) is 6.54 Å². The van der Waals surface area contributed by atoms with E-state index in [4.69, 9.17) is 15.0 Å². The molecule has 1 aromatic rings. The fourth-order valence-corrected chi connectivity index (χ4v) is 1.06. The molecule has 1 rings (SSSR count). The topological polar surface area (TPSA) is 80.1 Å². The Balaban J connectivity index is 3.11. The molecule has 0 atom stereocenters. The minimum absolute atomic E-state index is 0.186. The maximum atomic E-state index is 8.22. The van der Waals surface area contributed by atoms with Crippen LogP contribution in [0.25, 0.3) is 10.4 Å². The zero-order chi connectivity index (χ0) is 10.4. The quantitative estimate of drug-likeness (QED) is 0.417. The number of ether oxygens (including phenoxy) is 2. The minimum atomic E-state index is 0.186. The number of nitrogens with zero attached hydrogens (tertiary/aromatic N) is 4. The Morgan fingerprint density at radius 2 is 1.93 bits per heavy atom. The predicted octanol–water partition coefficient (Wildman–Crippen LogP) is 1.91. The fourth-order valence-electron chi connectivity index (χ4n) is 1.06. The average Bonchev–Trinajstić information content (AvgIpc) is 2.25. The molecule has 1 aromatic heterocycles. The number of methoxy groups -OCH3 is 2. The second-order valence-corrected chi connectivity index (χ2v) is 2.41. The Morgan fingerprint density at radius 1 is 1.36 bits per heavy atom. The molecule has 0 N–H and O–H groups in total. The van der Waals surface area contributed by atoms with Crippen LogP contribution < -0.4 is 9.47 Å². The normalized spacial score (nSPS) is 9.00. The summed E-state index contributed by atoms with van der Waals surface area (Å²) in [6.45, 7) is 0.186. The van der Waals surface area contributed by atoms with Gasteiger partial charge in [-0.3, -0.25) is 4.98 Å². The van der Waals surface area contributed by atoms with Crippen LogP contribution in [0.3, 0.4) is 0 Å². The Bertz CT molecular complexity index is 338. The van der Waals surface area contributed by atoms with Gasteiger partial charge in [-0.1, -0.05) is 5.11 Å². The van der Waals surface area contributed by atoms with E-state index in [0.29, 0.717) is 17.1 Å². The second-order valence-electron chi connectivity index (χ2n) is 2.41. The molecule has 0 aromatic carbocycles. The minimum Gasteiger partial charge on any atom is -0.495 e. The first-order valence-electron chi connectivity index (χ1n) is 3.89. The van der Waals surface area contributed by atoms with E-state index in [-0.39, 0.29) is 6.54 Å². The van der Waals surface area contributed by atoms with Crippen LogP contribution in [-0.4, -0.2) is 19.2 Å². The highest BCUT2D eigenvalue weighted by molar-refractivity contribution is 5.41. The fraction of sp³-hybridized carbons (Fsp3) is 0.375. The van der Waals surface area contributed by atoms with Gasteiger partial charge in [0.15, 0.2) is 0 Å². The number of rotatable bonds is 4. The maximum absolute atomic E-state index is 8.22. The summed E-state index contributed by atoms with van der Waals surface area (Å²) in [5.74, 6) is 1.11. The first-order chi connectivity index (χ1) is 6.83. The standard InChI is InChI=1S/C8H10N4O2/c1-13-7-4-10-5-8(14-2)6(7)3-11-12-9/h4-5H,3H2,1-2H3. The molecule has 14 heavy (non-hydrogen) atoms. The highest BCUT2D eigenvalue weighted by atomic mass is 16.5. The number of aromatic nitrogens is 1. The molecule has 0 aliphatic heterocycles. The summed E-state index contributed by atoms with van der Waals surface area (Å²) in [5, 5.41) is 3.45. The lowest BCUT2D eigenvalue weighted by Crippen LogP contribution is -1.96. The third kappa shape index (κ3) is 2.05. The van der Waals surface area contributed by atoms with Crippen molar-refractivity contribution in [2.24, 2.45) is 5.11 Å². The van der Waals surface area contributed by atoms with Crippen molar-refractivity contribution in [3.8, 4) is 11.5 Å². The predicted molar refractivity (Wildman–Crippen MR) is 50.2 cm³/mol. The zero-order valence-corrected chi connectivity index (χ0v) is 7.97. The molecule has 0 amide bonds.